The molecular weight excluding hydrogens is 412 g/mol. The second-order valence-corrected chi connectivity index (χ2v) is 8.09. The number of hydrogen-bond donors (Lipinski definition) is 2. The van der Waals surface area contributed by atoms with Crippen molar-refractivity contribution in [2.45, 2.75) is 31.3 Å². The molecule has 5 rings (SSSR count). The molecule has 1 saturated heterocycles. The predicted octanol–water partition coefficient (Wildman–Crippen LogP) is 2.37. The van der Waals surface area contributed by atoms with Gasteiger partial charge in [-0.05, 0) is 36.6 Å². The topological polar surface area (TPSA) is 118 Å². The summed E-state index contributed by atoms with van der Waals surface area (Å²) in [7, 11) is 0. The van der Waals surface area contributed by atoms with E-state index >= 15 is 0 Å². The highest BCUT2D eigenvalue weighted by Crippen LogP contribution is 2.29. The third kappa shape index (κ3) is 3.27. The van der Waals surface area contributed by atoms with Crippen LogP contribution in [0.15, 0.2) is 54.7 Å². The Hall–Kier alpha value is -3.53. The van der Waals surface area contributed by atoms with Gasteiger partial charge in [-0.2, -0.15) is 0 Å². The monoisotopic (exact) mass is 433 g/mol. The third-order valence-electron chi connectivity index (χ3n) is 6.23. The quantitative estimate of drug-likeness (QED) is 0.569. The number of nitrogens with one attached hydrogen (secondary N) is 1. The average Bonchev–Trinajstić information content (AvgIpc) is 3.42. The van der Waals surface area contributed by atoms with E-state index in [0.717, 1.165) is 0 Å². The number of hydrogen-bond acceptors (Lipinski definition) is 6. The highest BCUT2D eigenvalue weighted by atomic mass is 16.8. The molecule has 1 aromatic heterocycles. The lowest BCUT2D eigenvalue weighted by molar-refractivity contribution is -0.153. The number of carbonyl (C=O) groups excluding carboxylic acids is 3. The zero-order valence-electron chi connectivity index (χ0n) is 17.1. The van der Waals surface area contributed by atoms with Crippen LogP contribution in [-0.4, -0.2) is 56.3 Å². The summed E-state index contributed by atoms with van der Waals surface area (Å²) >= 11 is 0. The number of para-hydroxylation sites is 2. The van der Waals surface area contributed by atoms with Gasteiger partial charge >= 0.3 is 0 Å². The highest BCUT2D eigenvalue weighted by Gasteiger charge is 2.38. The van der Waals surface area contributed by atoms with Crippen LogP contribution < -0.4 is 5.32 Å². The van der Waals surface area contributed by atoms with Crippen LogP contribution in [0.1, 0.15) is 28.8 Å². The first kappa shape index (κ1) is 20.4. The Kier molecular flexibility index (Phi) is 5.01. The molecule has 2 aliphatic rings. The smallest absolute Gasteiger partial charge is 0.264 e. The molecular formula is C23H21N4O5-. The minimum atomic E-state index is -1.43. The van der Waals surface area contributed by atoms with Crippen LogP contribution in [0.5, 0.6) is 0 Å². The summed E-state index contributed by atoms with van der Waals surface area (Å²) in [5, 5.41) is 24.9. The molecule has 3 heterocycles. The van der Waals surface area contributed by atoms with Crippen molar-refractivity contribution in [2.24, 2.45) is 0 Å². The molecule has 0 spiro atoms. The summed E-state index contributed by atoms with van der Waals surface area (Å²) in [6.45, 7) is 0.309. The lowest BCUT2D eigenvalue weighted by Gasteiger charge is -2.34. The van der Waals surface area contributed by atoms with Gasteiger partial charge in [-0.1, -0.05) is 30.3 Å². The molecule has 1 fully saturated rings. The molecule has 2 aliphatic heterocycles. The molecule has 2 N–H and O–H groups in total. The Bertz CT molecular complexity index is 1230. The second-order valence-electron chi connectivity index (χ2n) is 8.09. The summed E-state index contributed by atoms with van der Waals surface area (Å²) in [5.74, 6) is -1.39. The number of carbonyl (C=O) groups is 3. The van der Waals surface area contributed by atoms with E-state index in [1.165, 1.54) is 9.47 Å². The zero-order valence-corrected chi connectivity index (χ0v) is 17.1. The predicted molar refractivity (Wildman–Crippen MR) is 116 cm³/mol. The van der Waals surface area contributed by atoms with E-state index < -0.39 is 23.9 Å². The van der Waals surface area contributed by atoms with Crippen LogP contribution in [0.3, 0.4) is 0 Å². The van der Waals surface area contributed by atoms with E-state index in [1.807, 2.05) is 0 Å². The second kappa shape index (κ2) is 7.86. The molecule has 2 bridgehead atoms. The summed E-state index contributed by atoms with van der Waals surface area (Å²) in [6.07, 6.45) is 2.52. The number of nitrogens with zero attached hydrogens (tertiary/aromatic N) is 3. The molecule has 2 amide bonds. The summed E-state index contributed by atoms with van der Waals surface area (Å²) in [5.41, 5.74) is 1.84. The first-order valence-corrected chi connectivity index (χ1v) is 10.4. The molecule has 3 aromatic rings. The van der Waals surface area contributed by atoms with Crippen molar-refractivity contribution in [3.8, 4) is 0 Å². The maximum atomic E-state index is 13.5. The van der Waals surface area contributed by atoms with E-state index in [0.29, 0.717) is 47.1 Å². The normalized spacial score (nSPS) is 21.6. The van der Waals surface area contributed by atoms with Crippen LogP contribution in [0, 0.1) is 5.21 Å². The Labute approximate surface area is 183 Å². The van der Waals surface area contributed by atoms with Gasteiger partial charge in [-0.25, -0.2) is 0 Å². The van der Waals surface area contributed by atoms with E-state index in [4.69, 9.17) is 0 Å². The van der Waals surface area contributed by atoms with Crippen molar-refractivity contribution >= 4 is 34.3 Å². The Morgan fingerprint density at radius 2 is 1.81 bits per heavy atom. The number of fused-ring (bicyclic) bond motifs is 7. The first-order chi connectivity index (χ1) is 15.5. The fraction of sp³-hybridized carbons (Fsp3) is 0.261. The maximum absolute atomic E-state index is 13.5. The molecule has 9 heteroatoms. The average molecular weight is 433 g/mol. The SMILES string of the molecule is O=C1Nc2ccccc2C(=O)n2cc(c3ccccc32)C[C@H](N([O-])O)C(=O)N2CCC[C@@H]12. The molecule has 164 valence electrons. The van der Waals surface area contributed by atoms with E-state index in [1.54, 1.807) is 54.7 Å². The fourth-order valence-corrected chi connectivity index (χ4v) is 4.67. The summed E-state index contributed by atoms with van der Waals surface area (Å²) in [4.78, 5) is 41.2. The zero-order chi connectivity index (χ0) is 22.4. The van der Waals surface area contributed by atoms with Gasteiger partial charge in [0.25, 0.3) is 5.91 Å². The number of benzene rings is 2. The number of aromatic nitrogens is 1. The molecule has 0 aliphatic carbocycles. The van der Waals surface area contributed by atoms with Gasteiger partial charge in [0.1, 0.15) is 12.1 Å². The molecule has 2 aromatic carbocycles. The molecule has 32 heavy (non-hydrogen) atoms. The lowest BCUT2D eigenvalue weighted by atomic mass is 10.0. The Balaban J connectivity index is 1.72. The number of hydroxylamine groups is 2. The van der Waals surface area contributed by atoms with Crippen molar-refractivity contribution in [1.29, 1.82) is 0 Å². The van der Waals surface area contributed by atoms with Gasteiger partial charge in [0.05, 0.1) is 16.8 Å². The number of amides is 2. The van der Waals surface area contributed by atoms with Crippen molar-refractivity contribution < 1.29 is 19.6 Å². The largest absolute Gasteiger partial charge is 0.762 e. The van der Waals surface area contributed by atoms with Gasteiger partial charge in [0, 0.05) is 24.5 Å². The van der Waals surface area contributed by atoms with Gasteiger partial charge < -0.3 is 20.6 Å². The minimum Gasteiger partial charge on any atom is -0.762 e. The van der Waals surface area contributed by atoms with Crippen LogP contribution in [-0.2, 0) is 16.0 Å². The molecule has 9 nitrogen and oxygen atoms in total. The maximum Gasteiger partial charge on any atom is 0.264 e. The van der Waals surface area contributed by atoms with Crippen LogP contribution in [0.2, 0.25) is 0 Å². The van der Waals surface area contributed by atoms with E-state index in [-0.39, 0.29) is 17.6 Å². The van der Waals surface area contributed by atoms with Crippen LogP contribution in [0.4, 0.5) is 5.69 Å². The van der Waals surface area contributed by atoms with Crippen LogP contribution in [0.25, 0.3) is 10.9 Å². The van der Waals surface area contributed by atoms with Gasteiger partial charge in [-0.3, -0.25) is 24.2 Å². The highest BCUT2D eigenvalue weighted by molar-refractivity contribution is 6.09. The van der Waals surface area contributed by atoms with Crippen molar-refractivity contribution in [1.82, 2.24) is 14.7 Å². The fourth-order valence-electron chi connectivity index (χ4n) is 4.67. The van der Waals surface area contributed by atoms with Gasteiger partial charge in [0.15, 0.2) is 0 Å². The standard InChI is InChI=1S/C23H21N4O5/c28-21-19-10-5-11-25(19)23(30)20(27(31)32)12-14-13-26(18-9-4-2-6-15(14)18)22(29)16-7-1-3-8-17(16)24-21/h1-4,6-9,13,19-20,31H,5,10-12H2,(H,24,28)/q-1/t19-,20-/m0/s1. The first-order valence-electron chi connectivity index (χ1n) is 10.4. The number of anilines is 1. The van der Waals surface area contributed by atoms with E-state index in [9.17, 15) is 24.8 Å². The van der Waals surface area contributed by atoms with Gasteiger partial charge in [0.2, 0.25) is 11.8 Å². The van der Waals surface area contributed by atoms with Crippen molar-refractivity contribution in [2.75, 3.05) is 11.9 Å². The van der Waals surface area contributed by atoms with E-state index in [2.05, 4.69) is 5.32 Å². The molecule has 0 radical (unpaired) electrons. The molecule has 2 atom stereocenters. The third-order valence-corrected chi connectivity index (χ3v) is 6.23. The van der Waals surface area contributed by atoms with Gasteiger partial charge in [-0.15, -0.1) is 0 Å². The summed E-state index contributed by atoms with van der Waals surface area (Å²) < 4.78 is 1.45. The van der Waals surface area contributed by atoms with Crippen molar-refractivity contribution in [3.05, 3.63) is 71.1 Å². The number of rotatable bonds is 1. The lowest BCUT2D eigenvalue weighted by Crippen LogP contribution is -2.51. The van der Waals surface area contributed by atoms with Crippen LogP contribution >= 0.6 is 0 Å². The molecule has 0 unspecified atom stereocenters. The Morgan fingerprint density at radius 1 is 1.06 bits per heavy atom. The minimum absolute atomic E-state index is 0.105. The summed E-state index contributed by atoms with van der Waals surface area (Å²) in [6, 6.07) is 11.7. The molecule has 0 saturated carbocycles. The Morgan fingerprint density at radius 3 is 2.62 bits per heavy atom. The van der Waals surface area contributed by atoms with Crippen molar-refractivity contribution in [3.63, 3.8) is 0 Å².